The van der Waals surface area contributed by atoms with Crippen LogP contribution in [-0.4, -0.2) is 76.6 Å². The van der Waals surface area contributed by atoms with Gasteiger partial charge in [0.05, 0.1) is 26.9 Å². The largest absolute Gasteiger partial charge is 0.493 e. The number of halogens is 1. The van der Waals surface area contributed by atoms with E-state index in [1.165, 1.54) is 0 Å². The topological polar surface area (TPSA) is 67.4 Å². The zero-order valence-electron chi connectivity index (χ0n) is 18.1. The molecule has 166 valence electrons. The first kappa shape index (κ1) is 25.8. The number of methoxy groups -OCH3 is 1. The molecule has 7 nitrogen and oxygen atoms in total. The number of aliphatic imine (C=N–C) groups is 1. The molecule has 1 aliphatic heterocycles. The third-order valence-corrected chi connectivity index (χ3v) is 4.53. The van der Waals surface area contributed by atoms with Gasteiger partial charge in [0.15, 0.2) is 17.5 Å². The molecule has 1 aromatic rings. The van der Waals surface area contributed by atoms with Crippen LogP contribution in [-0.2, 0) is 4.74 Å². The first-order valence-corrected chi connectivity index (χ1v) is 10.2. The summed E-state index contributed by atoms with van der Waals surface area (Å²) in [5.74, 6) is 2.81. The van der Waals surface area contributed by atoms with Crippen molar-refractivity contribution in [3.63, 3.8) is 0 Å². The van der Waals surface area contributed by atoms with Crippen LogP contribution in [0.2, 0.25) is 0 Å². The van der Waals surface area contributed by atoms with E-state index >= 15 is 0 Å². The van der Waals surface area contributed by atoms with Crippen molar-refractivity contribution in [3.05, 3.63) is 24.3 Å². The molecular formula is C21H37IN4O3. The van der Waals surface area contributed by atoms with Crippen LogP contribution in [0.3, 0.4) is 0 Å². The van der Waals surface area contributed by atoms with Crippen LogP contribution in [0, 0.1) is 5.92 Å². The zero-order valence-corrected chi connectivity index (χ0v) is 20.5. The highest BCUT2D eigenvalue weighted by Crippen LogP contribution is 2.26. The number of para-hydroxylation sites is 2. The van der Waals surface area contributed by atoms with E-state index in [9.17, 15) is 0 Å². The highest BCUT2D eigenvalue weighted by Gasteiger charge is 2.14. The van der Waals surface area contributed by atoms with E-state index in [4.69, 9.17) is 19.2 Å². The molecule has 2 atom stereocenters. The van der Waals surface area contributed by atoms with Crippen LogP contribution < -0.4 is 20.1 Å². The van der Waals surface area contributed by atoms with Crippen LogP contribution in [0.1, 0.15) is 20.8 Å². The van der Waals surface area contributed by atoms with Gasteiger partial charge in [0.1, 0.15) is 6.10 Å². The minimum absolute atomic E-state index is 0. The maximum absolute atomic E-state index is 6.00. The summed E-state index contributed by atoms with van der Waals surface area (Å²) in [6, 6.07) is 7.70. The molecule has 0 bridgehead atoms. The summed E-state index contributed by atoms with van der Waals surface area (Å²) in [7, 11) is 1.65. The molecule has 0 amide bonds. The molecule has 2 rings (SSSR count). The molecule has 1 aliphatic rings. The van der Waals surface area contributed by atoms with E-state index in [1.54, 1.807) is 7.11 Å². The molecular weight excluding hydrogens is 483 g/mol. The molecule has 0 aromatic heterocycles. The lowest BCUT2D eigenvalue weighted by Gasteiger charge is -2.28. The molecule has 2 N–H and O–H groups in total. The monoisotopic (exact) mass is 520 g/mol. The fraction of sp³-hybridized carbons (Fsp3) is 0.667. The summed E-state index contributed by atoms with van der Waals surface area (Å²) in [5.41, 5.74) is 0. The number of hydrogen-bond acceptors (Lipinski definition) is 5. The van der Waals surface area contributed by atoms with E-state index in [1.807, 2.05) is 31.2 Å². The van der Waals surface area contributed by atoms with Gasteiger partial charge in [0.2, 0.25) is 0 Å². The molecule has 0 spiro atoms. The van der Waals surface area contributed by atoms with Crippen LogP contribution >= 0.6 is 24.0 Å². The summed E-state index contributed by atoms with van der Waals surface area (Å²) in [4.78, 5) is 7.20. The third-order valence-electron chi connectivity index (χ3n) is 4.53. The Morgan fingerprint density at radius 3 is 2.52 bits per heavy atom. The zero-order chi connectivity index (χ0) is 20.2. The second kappa shape index (κ2) is 14.7. The minimum Gasteiger partial charge on any atom is -0.493 e. The Hall–Kier alpha value is -1.26. The van der Waals surface area contributed by atoms with Gasteiger partial charge in [-0.1, -0.05) is 19.1 Å². The Labute approximate surface area is 192 Å². The molecule has 29 heavy (non-hydrogen) atoms. The Kier molecular flexibility index (Phi) is 13.0. The van der Waals surface area contributed by atoms with Crippen LogP contribution in [0.25, 0.3) is 0 Å². The van der Waals surface area contributed by atoms with Gasteiger partial charge in [-0.05, 0) is 31.9 Å². The summed E-state index contributed by atoms with van der Waals surface area (Å²) in [6.45, 7) is 13.4. The fourth-order valence-corrected chi connectivity index (χ4v) is 3.09. The van der Waals surface area contributed by atoms with Crippen molar-refractivity contribution < 1.29 is 14.2 Å². The Morgan fingerprint density at radius 2 is 1.86 bits per heavy atom. The second-order valence-electron chi connectivity index (χ2n) is 7.20. The van der Waals surface area contributed by atoms with Gasteiger partial charge in [-0.2, -0.15) is 0 Å². The van der Waals surface area contributed by atoms with Crippen molar-refractivity contribution in [2.24, 2.45) is 10.9 Å². The predicted octanol–water partition coefficient (Wildman–Crippen LogP) is 2.60. The standard InChI is InChI=1S/C21H36N4O3.HI/c1-5-22-21(23-14-17(2)16-25-10-12-27-13-11-25)24-15-18(3)28-20-9-7-6-8-19(20)26-4;/h6-9,17-18H,5,10-16H2,1-4H3,(H2,22,23,24);1H. The van der Waals surface area contributed by atoms with Gasteiger partial charge in [0.25, 0.3) is 0 Å². The summed E-state index contributed by atoms with van der Waals surface area (Å²) < 4.78 is 16.8. The summed E-state index contributed by atoms with van der Waals surface area (Å²) in [6.07, 6.45) is -0.0223. The Bertz CT molecular complexity index is 597. The highest BCUT2D eigenvalue weighted by atomic mass is 127. The molecule has 0 aliphatic carbocycles. The van der Waals surface area contributed by atoms with Crippen molar-refractivity contribution in [3.8, 4) is 11.5 Å². The second-order valence-corrected chi connectivity index (χ2v) is 7.20. The van der Waals surface area contributed by atoms with E-state index in [0.29, 0.717) is 12.5 Å². The van der Waals surface area contributed by atoms with Crippen LogP contribution in [0.5, 0.6) is 11.5 Å². The molecule has 1 heterocycles. The fourth-order valence-electron chi connectivity index (χ4n) is 3.09. The van der Waals surface area contributed by atoms with Crippen molar-refractivity contribution in [1.29, 1.82) is 0 Å². The number of ether oxygens (including phenoxy) is 3. The highest BCUT2D eigenvalue weighted by molar-refractivity contribution is 14.0. The van der Waals surface area contributed by atoms with Crippen molar-refractivity contribution in [1.82, 2.24) is 15.5 Å². The summed E-state index contributed by atoms with van der Waals surface area (Å²) in [5, 5.41) is 6.69. The van der Waals surface area contributed by atoms with Gasteiger partial charge in [-0.3, -0.25) is 9.89 Å². The van der Waals surface area contributed by atoms with Crippen molar-refractivity contribution in [2.45, 2.75) is 26.9 Å². The molecule has 1 aromatic carbocycles. The number of benzene rings is 1. The van der Waals surface area contributed by atoms with Crippen LogP contribution in [0.15, 0.2) is 29.3 Å². The first-order chi connectivity index (χ1) is 13.6. The van der Waals surface area contributed by atoms with Gasteiger partial charge < -0.3 is 24.8 Å². The lowest BCUT2D eigenvalue weighted by Crippen LogP contribution is -2.42. The van der Waals surface area contributed by atoms with E-state index in [0.717, 1.165) is 63.4 Å². The normalized spacial score (nSPS) is 17.0. The van der Waals surface area contributed by atoms with Crippen molar-refractivity contribution in [2.75, 3.05) is 59.6 Å². The quantitative estimate of drug-likeness (QED) is 0.281. The lowest BCUT2D eigenvalue weighted by atomic mass is 10.1. The number of nitrogens with zero attached hydrogens (tertiary/aromatic N) is 2. The number of hydrogen-bond donors (Lipinski definition) is 2. The Morgan fingerprint density at radius 1 is 1.17 bits per heavy atom. The molecule has 8 heteroatoms. The van der Waals surface area contributed by atoms with E-state index in [-0.39, 0.29) is 30.1 Å². The van der Waals surface area contributed by atoms with Crippen molar-refractivity contribution >= 4 is 29.9 Å². The SMILES string of the molecule is CCNC(=NCC(C)CN1CCOCC1)NCC(C)Oc1ccccc1OC.I. The first-order valence-electron chi connectivity index (χ1n) is 10.2. The van der Waals surface area contributed by atoms with E-state index in [2.05, 4.69) is 29.4 Å². The molecule has 2 unspecified atom stereocenters. The third kappa shape index (κ3) is 9.86. The molecule has 0 radical (unpaired) electrons. The molecule has 1 fully saturated rings. The summed E-state index contributed by atoms with van der Waals surface area (Å²) >= 11 is 0. The molecule has 0 saturated carbocycles. The average molecular weight is 520 g/mol. The maximum Gasteiger partial charge on any atom is 0.191 e. The predicted molar refractivity (Wildman–Crippen MR) is 129 cm³/mol. The maximum atomic E-state index is 6.00. The van der Waals surface area contributed by atoms with Crippen LogP contribution in [0.4, 0.5) is 0 Å². The van der Waals surface area contributed by atoms with Gasteiger partial charge in [-0.25, -0.2) is 0 Å². The smallest absolute Gasteiger partial charge is 0.191 e. The number of guanidine groups is 1. The number of nitrogens with one attached hydrogen (secondary N) is 2. The average Bonchev–Trinajstić information content (AvgIpc) is 2.71. The molecule has 1 saturated heterocycles. The Balaban J connectivity index is 0.00000420. The van der Waals surface area contributed by atoms with Gasteiger partial charge in [-0.15, -0.1) is 24.0 Å². The lowest BCUT2D eigenvalue weighted by molar-refractivity contribution is 0.0323. The van der Waals surface area contributed by atoms with E-state index < -0.39 is 0 Å². The minimum atomic E-state index is -0.0223. The van der Waals surface area contributed by atoms with Gasteiger partial charge >= 0.3 is 0 Å². The van der Waals surface area contributed by atoms with Gasteiger partial charge in [0, 0.05) is 32.7 Å². The number of morpholine rings is 1. The number of rotatable bonds is 10.